The number of rotatable bonds is 6. The van der Waals surface area contributed by atoms with E-state index >= 15 is 0 Å². The predicted molar refractivity (Wildman–Crippen MR) is 89.6 cm³/mol. The summed E-state index contributed by atoms with van der Waals surface area (Å²) in [4.78, 5) is 29.2. The fraction of sp³-hybridized carbons (Fsp3) is 0.111. The van der Waals surface area contributed by atoms with Crippen molar-refractivity contribution < 1.29 is 14.1 Å². The Morgan fingerprint density at radius 1 is 1.12 bits per heavy atom. The number of carbonyl (C=O) groups is 1. The molecule has 2 aromatic heterocycles. The maximum absolute atomic E-state index is 13.0. The molecule has 0 aliphatic rings. The molecule has 0 saturated heterocycles. The monoisotopic (exact) mass is 337 g/mol. The fourth-order valence-electron chi connectivity index (χ4n) is 2.49. The second kappa shape index (κ2) is 7.39. The van der Waals surface area contributed by atoms with Crippen LogP contribution in [0.15, 0.2) is 71.6 Å². The van der Waals surface area contributed by atoms with Crippen molar-refractivity contribution in [3.05, 3.63) is 94.2 Å². The van der Waals surface area contributed by atoms with Crippen molar-refractivity contribution >= 4 is 11.6 Å². The van der Waals surface area contributed by atoms with Gasteiger partial charge in [-0.2, -0.15) is 0 Å². The van der Waals surface area contributed by atoms with E-state index in [0.717, 1.165) is 5.56 Å². The van der Waals surface area contributed by atoms with Crippen molar-refractivity contribution in [3.8, 4) is 0 Å². The first-order valence-electron chi connectivity index (χ1n) is 7.59. The maximum Gasteiger partial charge on any atom is 0.282 e. The molecule has 0 fully saturated rings. The van der Waals surface area contributed by atoms with Gasteiger partial charge in [-0.1, -0.05) is 18.2 Å². The third-order valence-electron chi connectivity index (χ3n) is 3.64. The molecule has 25 heavy (non-hydrogen) atoms. The molecule has 0 unspecified atom stereocenters. The van der Waals surface area contributed by atoms with Crippen LogP contribution in [0.5, 0.6) is 0 Å². The minimum atomic E-state index is -0.553. The SMILES string of the molecule is O=C(c1ccccc1[N+](=O)[O-])N(Cc1cccnc1)Cc1ccco1. The lowest BCUT2D eigenvalue weighted by molar-refractivity contribution is -0.385. The molecule has 3 aromatic rings. The van der Waals surface area contributed by atoms with Gasteiger partial charge in [0.1, 0.15) is 11.3 Å². The van der Waals surface area contributed by atoms with Crippen molar-refractivity contribution in [2.45, 2.75) is 13.1 Å². The van der Waals surface area contributed by atoms with Crippen molar-refractivity contribution in [1.29, 1.82) is 0 Å². The normalized spacial score (nSPS) is 10.4. The van der Waals surface area contributed by atoms with Crippen LogP contribution in [0, 0.1) is 10.1 Å². The quantitative estimate of drug-likeness (QED) is 0.508. The number of hydrogen-bond donors (Lipinski definition) is 0. The van der Waals surface area contributed by atoms with Gasteiger partial charge in [0.05, 0.1) is 17.7 Å². The second-order valence-electron chi connectivity index (χ2n) is 5.38. The van der Waals surface area contributed by atoms with Crippen molar-refractivity contribution in [1.82, 2.24) is 9.88 Å². The summed E-state index contributed by atoms with van der Waals surface area (Å²) in [6.45, 7) is 0.464. The zero-order valence-electron chi connectivity index (χ0n) is 13.2. The molecule has 0 aliphatic heterocycles. The molecule has 2 heterocycles. The lowest BCUT2D eigenvalue weighted by Crippen LogP contribution is -2.30. The number of para-hydroxylation sites is 1. The molecule has 1 aromatic carbocycles. The minimum Gasteiger partial charge on any atom is -0.467 e. The summed E-state index contributed by atoms with van der Waals surface area (Å²) in [5.74, 6) is 0.156. The van der Waals surface area contributed by atoms with Crippen LogP contribution in [0.2, 0.25) is 0 Å². The van der Waals surface area contributed by atoms with E-state index in [2.05, 4.69) is 4.98 Å². The van der Waals surface area contributed by atoms with Gasteiger partial charge in [-0.15, -0.1) is 0 Å². The van der Waals surface area contributed by atoms with E-state index in [1.54, 1.807) is 36.7 Å². The Labute approximate surface area is 143 Å². The van der Waals surface area contributed by atoms with Crippen LogP contribution < -0.4 is 0 Å². The Hall–Kier alpha value is -3.48. The van der Waals surface area contributed by atoms with Crippen LogP contribution in [0.4, 0.5) is 5.69 Å². The molecule has 0 atom stereocenters. The Balaban J connectivity index is 1.93. The summed E-state index contributed by atoms with van der Waals surface area (Å²) in [6, 6.07) is 13.0. The number of nitro groups is 1. The minimum absolute atomic E-state index is 0.0444. The number of benzene rings is 1. The summed E-state index contributed by atoms with van der Waals surface area (Å²) in [5, 5.41) is 11.2. The molecule has 0 radical (unpaired) electrons. The van der Waals surface area contributed by atoms with Crippen molar-refractivity contribution in [3.63, 3.8) is 0 Å². The van der Waals surface area contributed by atoms with Crippen molar-refractivity contribution in [2.75, 3.05) is 0 Å². The molecular weight excluding hydrogens is 322 g/mol. The first-order chi connectivity index (χ1) is 12.1. The lowest BCUT2D eigenvalue weighted by Gasteiger charge is -2.21. The fourth-order valence-corrected chi connectivity index (χ4v) is 2.49. The van der Waals surface area contributed by atoms with Gasteiger partial charge in [-0.25, -0.2) is 0 Å². The number of pyridine rings is 1. The zero-order valence-corrected chi connectivity index (χ0v) is 13.2. The van der Waals surface area contributed by atoms with Crippen molar-refractivity contribution in [2.24, 2.45) is 0 Å². The summed E-state index contributed by atoms with van der Waals surface area (Å²) < 4.78 is 5.32. The Morgan fingerprint density at radius 3 is 2.64 bits per heavy atom. The molecule has 0 saturated carbocycles. The summed E-state index contributed by atoms with van der Waals surface area (Å²) >= 11 is 0. The van der Waals surface area contributed by atoms with Crippen LogP contribution in [-0.2, 0) is 13.1 Å². The molecular formula is C18H15N3O4. The van der Waals surface area contributed by atoms with Crippen LogP contribution in [0.3, 0.4) is 0 Å². The van der Waals surface area contributed by atoms with Crippen LogP contribution in [-0.4, -0.2) is 20.7 Å². The van der Waals surface area contributed by atoms with Crippen LogP contribution in [0.1, 0.15) is 21.7 Å². The van der Waals surface area contributed by atoms with Crippen LogP contribution >= 0.6 is 0 Å². The van der Waals surface area contributed by atoms with Crippen LogP contribution in [0.25, 0.3) is 0 Å². The number of nitrogens with zero attached hydrogens (tertiary/aromatic N) is 3. The summed E-state index contributed by atoms with van der Waals surface area (Å²) in [5.41, 5.74) is 0.645. The zero-order chi connectivity index (χ0) is 17.6. The van der Waals surface area contributed by atoms with Gasteiger partial charge in [-0.3, -0.25) is 19.9 Å². The Kier molecular flexibility index (Phi) is 4.84. The molecule has 126 valence electrons. The molecule has 0 bridgehead atoms. The van der Waals surface area contributed by atoms with E-state index < -0.39 is 10.8 Å². The Morgan fingerprint density at radius 2 is 1.96 bits per heavy atom. The van der Waals surface area contributed by atoms with E-state index in [-0.39, 0.29) is 24.3 Å². The molecule has 7 heteroatoms. The van der Waals surface area contributed by atoms with E-state index in [9.17, 15) is 14.9 Å². The number of aromatic nitrogens is 1. The lowest BCUT2D eigenvalue weighted by atomic mass is 10.1. The molecule has 0 aliphatic carbocycles. The van der Waals surface area contributed by atoms with E-state index in [1.807, 2.05) is 6.07 Å². The average molecular weight is 337 g/mol. The van der Waals surface area contributed by atoms with Gasteiger partial charge in [-0.05, 0) is 29.8 Å². The highest BCUT2D eigenvalue weighted by molar-refractivity contribution is 5.98. The predicted octanol–water partition coefficient (Wildman–Crippen LogP) is 3.43. The van der Waals surface area contributed by atoms with Gasteiger partial charge in [0, 0.05) is 25.0 Å². The number of hydrogen-bond acceptors (Lipinski definition) is 5. The van der Waals surface area contributed by atoms with Gasteiger partial charge < -0.3 is 9.32 Å². The summed E-state index contributed by atoms with van der Waals surface area (Å²) in [6.07, 6.45) is 4.82. The third-order valence-corrected chi connectivity index (χ3v) is 3.64. The molecule has 0 N–H and O–H groups in total. The average Bonchev–Trinajstić information content (AvgIpc) is 3.14. The molecule has 0 spiro atoms. The third kappa shape index (κ3) is 3.89. The highest BCUT2D eigenvalue weighted by atomic mass is 16.6. The number of carbonyl (C=O) groups excluding carboxylic acids is 1. The first-order valence-corrected chi connectivity index (χ1v) is 7.59. The van der Waals surface area contributed by atoms with Gasteiger partial charge in [0.15, 0.2) is 0 Å². The molecule has 1 amide bonds. The van der Waals surface area contributed by atoms with Gasteiger partial charge in [0.2, 0.25) is 0 Å². The standard InChI is InChI=1S/C18H15N3O4/c22-18(16-7-1-2-8-17(16)21(23)24)20(13-15-6-4-10-25-15)12-14-5-3-9-19-11-14/h1-11H,12-13H2. The van der Waals surface area contributed by atoms with Gasteiger partial charge >= 0.3 is 0 Å². The highest BCUT2D eigenvalue weighted by Crippen LogP contribution is 2.22. The smallest absolute Gasteiger partial charge is 0.282 e. The van der Waals surface area contributed by atoms with E-state index in [4.69, 9.17) is 4.42 Å². The number of amides is 1. The topological polar surface area (TPSA) is 89.5 Å². The van der Waals surface area contributed by atoms with E-state index in [1.165, 1.54) is 29.4 Å². The Bertz CT molecular complexity index is 863. The molecule has 3 rings (SSSR count). The molecule has 7 nitrogen and oxygen atoms in total. The highest BCUT2D eigenvalue weighted by Gasteiger charge is 2.25. The number of nitro benzene ring substituents is 1. The maximum atomic E-state index is 13.0. The van der Waals surface area contributed by atoms with Gasteiger partial charge in [0.25, 0.3) is 11.6 Å². The largest absolute Gasteiger partial charge is 0.467 e. The van der Waals surface area contributed by atoms with E-state index in [0.29, 0.717) is 5.76 Å². The number of furan rings is 1. The summed E-state index contributed by atoms with van der Waals surface area (Å²) in [7, 11) is 0. The first kappa shape index (κ1) is 16.4. The second-order valence-corrected chi connectivity index (χ2v) is 5.38.